The predicted octanol–water partition coefficient (Wildman–Crippen LogP) is 2.76. The monoisotopic (exact) mass is 323 g/mol. The molecular formula is C16H17N7O. The minimum absolute atomic E-state index is 0.0207. The largest absolute Gasteiger partial charge is 0.438 e. The second kappa shape index (κ2) is 6.23. The number of hydrogen-bond donors (Lipinski definition) is 1. The first-order valence-electron chi connectivity index (χ1n) is 7.88. The van der Waals surface area contributed by atoms with Crippen molar-refractivity contribution >= 4 is 5.69 Å². The van der Waals surface area contributed by atoms with E-state index in [4.69, 9.17) is 4.74 Å². The standard InChI is InChI=1S/C16H17N7O/c1-11(16-20-21-22-23(16)13-4-5-13)19-12-2-6-14(7-3-12)24-15-10-17-8-9-18-15/h2-3,6-11,13,19H,4-5H2,1H3/t11-/m0/s1. The Labute approximate surface area is 138 Å². The van der Waals surface area contributed by atoms with Crippen LogP contribution in [0.25, 0.3) is 0 Å². The summed E-state index contributed by atoms with van der Waals surface area (Å²) in [5.41, 5.74) is 0.972. The quantitative estimate of drug-likeness (QED) is 0.745. The fourth-order valence-electron chi connectivity index (χ4n) is 2.46. The maximum atomic E-state index is 5.63. The van der Waals surface area contributed by atoms with Gasteiger partial charge in [-0.05, 0) is 54.5 Å². The molecule has 1 aromatic carbocycles. The van der Waals surface area contributed by atoms with Crippen LogP contribution in [0.2, 0.25) is 0 Å². The Balaban J connectivity index is 1.42. The molecule has 4 rings (SSSR count). The maximum Gasteiger partial charge on any atom is 0.237 e. The summed E-state index contributed by atoms with van der Waals surface area (Å²) in [7, 11) is 0. The Bertz CT molecular complexity index is 799. The number of benzene rings is 1. The summed E-state index contributed by atoms with van der Waals surface area (Å²) in [5, 5.41) is 15.4. The number of nitrogens with zero attached hydrogens (tertiary/aromatic N) is 6. The van der Waals surface area contributed by atoms with Crippen molar-refractivity contribution in [2.45, 2.75) is 31.8 Å². The molecule has 0 aliphatic heterocycles. The van der Waals surface area contributed by atoms with Crippen LogP contribution in [0.4, 0.5) is 5.69 Å². The highest BCUT2D eigenvalue weighted by atomic mass is 16.5. The summed E-state index contributed by atoms with van der Waals surface area (Å²) in [5.74, 6) is 2.03. The lowest BCUT2D eigenvalue weighted by Gasteiger charge is -2.15. The molecule has 122 valence electrons. The lowest BCUT2D eigenvalue weighted by Crippen LogP contribution is -2.14. The van der Waals surface area contributed by atoms with E-state index < -0.39 is 0 Å². The lowest BCUT2D eigenvalue weighted by atomic mass is 10.2. The Hall–Kier alpha value is -3.03. The topological polar surface area (TPSA) is 90.6 Å². The Morgan fingerprint density at radius 2 is 2.04 bits per heavy atom. The first kappa shape index (κ1) is 14.6. The molecule has 0 saturated heterocycles. The van der Waals surface area contributed by atoms with Crippen LogP contribution in [0.15, 0.2) is 42.9 Å². The number of tetrazole rings is 1. The van der Waals surface area contributed by atoms with Gasteiger partial charge in [0.1, 0.15) is 5.75 Å². The highest BCUT2D eigenvalue weighted by Crippen LogP contribution is 2.35. The molecule has 1 saturated carbocycles. The van der Waals surface area contributed by atoms with E-state index in [9.17, 15) is 0 Å². The number of nitrogens with one attached hydrogen (secondary N) is 1. The van der Waals surface area contributed by atoms with Gasteiger partial charge in [0, 0.05) is 18.1 Å². The van der Waals surface area contributed by atoms with Crippen molar-refractivity contribution in [3.63, 3.8) is 0 Å². The number of anilines is 1. The lowest BCUT2D eigenvalue weighted by molar-refractivity contribution is 0.460. The van der Waals surface area contributed by atoms with Crippen LogP contribution in [-0.2, 0) is 0 Å². The average Bonchev–Trinajstić information content (AvgIpc) is 3.34. The van der Waals surface area contributed by atoms with E-state index in [1.54, 1.807) is 18.6 Å². The maximum absolute atomic E-state index is 5.63. The zero-order valence-electron chi connectivity index (χ0n) is 13.2. The van der Waals surface area contributed by atoms with Gasteiger partial charge in [0.05, 0.1) is 18.3 Å². The zero-order valence-corrected chi connectivity index (χ0v) is 13.2. The molecule has 8 heteroatoms. The molecule has 2 heterocycles. The highest BCUT2D eigenvalue weighted by molar-refractivity contribution is 5.47. The van der Waals surface area contributed by atoms with Crippen molar-refractivity contribution in [3.8, 4) is 11.6 Å². The summed E-state index contributed by atoms with van der Waals surface area (Å²) in [4.78, 5) is 8.06. The number of hydrogen-bond acceptors (Lipinski definition) is 7. The molecule has 1 fully saturated rings. The van der Waals surface area contributed by atoms with Gasteiger partial charge in [-0.15, -0.1) is 5.10 Å². The van der Waals surface area contributed by atoms with E-state index in [-0.39, 0.29) is 6.04 Å². The summed E-state index contributed by atoms with van der Waals surface area (Å²) in [6.07, 6.45) is 7.08. The van der Waals surface area contributed by atoms with Gasteiger partial charge in [-0.3, -0.25) is 4.98 Å². The third-order valence-electron chi connectivity index (χ3n) is 3.80. The first-order valence-corrected chi connectivity index (χ1v) is 7.88. The molecule has 1 N–H and O–H groups in total. The zero-order chi connectivity index (χ0) is 16.4. The van der Waals surface area contributed by atoms with Crippen LogP contribution >= 0.6 is 0 Å². The first-order chi connectivity index (χ1) is 11.8. The van der Waals surface area contributed by atoms with Crippen molar-refractivity contribution < 1.29 is 4.74 Å². The molecular weight excluding hydrogens is 306 g/mol. The predicted molar refractivity (Wildman–Crippen MR) is 86.7 cm³/mol. The van der Waals surface area contributed by atoms with Crippen molar-refractivity contribution in [2.24, 2.45) is 0 Å². The number of aromatic nitrogens is 6. The molecule has 1 aliphatic carbocycles. The normalized spacial score (nSPS) is 15.0. The molecule has 0 bridgehead atoms. The molecule has 24 heavy (non-hydrogen) atoms. The SMILES string of the molecule is C[C@H](Nc1ccc(Oc2cnccn2)cc1)c1nnnn1C1CC1. The van der Waals surface area contributed by atoms with Gasteiger partial charge < -0.3 is 10.1 Å². The van der Waals surface area contributed by atoms with E-state index >= 15 is 0 Å². The summed E-state index contributed by atoms with van der Waals surface area (Å²) < 4.78 is 7.55. The third kappa shape index (κ3) is 3.17. The minimum Gasteiger partial charge on any atom is -0.438 e. The van der Waals surface area contributed by atoms with E-state index in [1.165, 1.54) is 0 Å². The molecule has 3 aromatic rings. The molecule has 1 atom stereocenters. The number of ether oxygens (including phenoxy) is 1. The fourth-order valence-corrected chi connectivity index (χ4v) is 2.46. The van der Waals surface area contributed by atoms with E-state index in [0.29, 0.717) is 17.7 Å². The second-order valence-electron chi connectivity index (χ2n) is 5.75. The van der Waals surface area contributed by atoms with Gasteiger partial charge >= 0.3 is 0 Å². The van der Waals surface area contributed by atoms with Crippen molar-refractivity contribution in [2.75, 3.05) is 5.32 Å². The van der Waals surface area contributed by atoms with E-state index in [2.05, 4.69) is 37.7 Å². The van der Waals surface area contributed by atoms with Crippen LogP contribution in [0.1, 0.15) is 37.7 Å². The summed E-state index contributed by atoms with van der Waals surface area (Å²) >= 11 is 0. The van der Waals surface area contributed by atoms with Crippen LogP contribution in [-0.4, -0.2) is 30.2 Å². The Kier molecular flexibility index (Phi) is 3.78. The molecule has 0 unspecified atom stereocenters. The van der Waals surface area contributed by atoms with Crippen LogP contribution in [0.3, 0.4) is 0 Å². The van der Waals surface area contributed by atoms with Gasteiger partial charge in [-0.25, -0.2) is 9.67 Å². The van der Waals surface area contributed by atoms with Gasteiger partial charge in [0.2, 0.25) is 5.88 Å². The van der Waals surface area contributed by atoms with Crippen molar-refractivity contribution in [3.05, 3.63) is 48.7 Å². The molecule has 0 spiro atoms. The van der Waals surface area contributed by atoms with Crippen molar-refractivity contribution in [1.29, 1.82) is 0 Å². The molecule has 1 aliphatic rings. The highest BCUT2D eigenvalue weighted by Gasteiger charge is 2.29. The van der Waals surface area contributed by atoms with Crippen LogP contribution < -0.4 is 10.1 Å². The second-order valence-corrected chi connectivity index (χ2v) is 5.75. The van der Waals surface area contributed by atoms with Crippen LogP contribution in [0.5, 0.6) is 11.6 Å². The smallest absolute Gasteiger partial charge is 0.237 e. The Morgan fingerprint density at radius 1 is 1.21 bits per heavy atom. The third-order valence-corrected chi connectivity index (χ3v) is 3.80. The van der Waals surface area contributed by atoms with E-state index in [0.717, 1.165) is 24.4 Å². The molecule has 0 amide bonds. The van der Waals surface area contributed by atoms with Gasteiger partial charge in [0.15, 0.2) is 5.82 Å². The van der Waals surface area contributed by atoms with Crippen LogP contribution in [0, 0.1) is 0 Å². The van der Waals surface area contributed by atoms with E-state index in [1.807, 2.05) is 28.9 Å². The summed E-state index contributed by atoms with van der Waals surface area (Å²) in [6.45, 7) is 2.05. The van der Waals surface area contributed by atoms with Gasteiger partial charge in [-0.1, -0.05) is 0 Å². The van der Waals surface area contributed by atoms with Crippen molar-refractivity contribution in [1.82, 2.24) is 30.2 Å². The fraction of sp³-hybridized carbons (Fsp3) is 0.312. The average molecular weight is 323 g/mol. The molecule has 2 aromatic heterocycles. The molecule has 0 radical (unpaired) electrons. The van der Waals surface area contributed by atoms with Gasteiger partial charge in [-0.2, -0.15) is 0 Å². The molecule has 8 nitrogen and oxygen atoms in total. The minimum atomic E-state index is 0.0207. The Morgan fingerprint density at radius 3 is 2.75 bits per heavy atom. The number of rotatable bonds is 6. The summed E-state index contributed by atoms with van der Waals surface area (Å²) in [6, 6.07) is 8.15. The van der Waals surface area contributed by atoms with Gasteiger partial charge in [0.25, 0.3) is 0 Å².